The zero-order chi connectivity index (χ0) is 14.3. The maximum atomic E-state index is 4.81. The van der Waals surface area contributed by atoms with Gasteiger partial charge in [0.15, 0.2) is 5.96 Å². The summed E-state index contributed by atoms with van der Waals surface area (Å²) in [5.74, 6) is 1.76. The number of aliphatic imine (C=N–C) groups is 1. The fourth-order valence-electron chi connectivity index (χ4n) is 3.06. The second-order valence-electron chi connectivity index (χ2n) is 6.05. The van der Waals surface area contributed by atoms with E-state index in [9.17, 15) is 0 Å². The lowest BCUT2D eigenvalue weighted by molar-refractivity contribution is 0.0845. The second-order valence-corrected chi connectivity index (χ2v) is 6.05. The van der Waals surface area contributed by atoms with Crippen LogP contribution in [0, 0.1) is 5.92 Å². The van der Waals surface area contributed by atoms with Crippen LogP contribution in [0.3, 0.4) is 0 Å². The normalized spacial score (nSPS) is 25.8. The third kappa shape index (κ3) is 5.76. The van der Waals surface area contributed by atoms with Crippen molar-refractivity contribution in [3.63, 3.8) is 0 Å². The van der Waals surface area contributed by atoms with Gasteiger partial charge in [0.1, 0.15) is 0 Å². The highest BCUT2D eigenvalue weighted by Crippen LogP contribution is 2.35. The summed E-state index contributed by atoms with van der Waals surface area (Å²) in [5.41, 5.74) is 0.244. The number of rotatable bonds is 5. The topological polar surface area (TPSA) is 39.7 Å². The van der Waals surface area contributed by atoms with Crippen LogP contribution in [-0.2, 0) is 0 Å². The van der Waals surface area contributed by atoms with Gasteiger partial charge in [-0.1, -0.05) is 19.8 Å². The minimum absolute atomic E-state index is 0. The van der Waals surface area contributed by atoms with E-state index in [0.717, 1.165) is 31.5 Å². The van der Waals surface area contributed by atoms with Crippen molar-refractivity contribution in [3.05, 3.63) is 0 Å². The van der Waals surface area contributed by atoms with E-state index in [1.54, 1.807) is 0 Å². The quantitative estimate of drug-likeness (QED) is 0.427. The van der Waals surface area contributed by atoms with E-state index < -0.39 is 0 Å². The fourth-order valence-corrected chi connectivity index (χ4v) is 3.06. The molecule has 0 aromatic rings. The molecule has 20 heavy (non-hydrogen) atoms. The lowest BCUT2D eigenvalue weighted by Crippen LogP contribution is -2.51. The van der Waals surface area contributed by atoms with Crippen LogP contribution in [0.2, 0.25) is 0 Å². The van der Waals surface area contributed by atoms with Gasteiger partial charge >= 0.3 is 0 Å². The van der Waals surface area contributed by atoms with E-state index in [1.165, 1.54) is 25.7 Å². The molecule has 0 amide bonds. The Bertz CT molecular complexity index is 286. The van der Waals surface area contributed by atoms with Gasteiger partial charge in [-0.3, -0.25) is 4.99 Å². The predicted octanol–water partition coefficient (Wildman–Crippen LogP) is 2.69. The molecular weight excluding hydrogens is 363 g/mol. The molecule has 1 saturated carbocycles. The molecule has 1 aliphatic rings. The molecule has 0 saturated heterocycles. The molecule has 0 aromatic heterocycles. The van der Waals surface area contributed by atoms with Crippen molar-refractivity contribution in [1.29, 1.82) is 0 Å². The minimum Gasteiger partial charge on any atom is -0.357 e. The summed E-state index contributed by atoms with van der Waals surface area (Å²) in [6, 6.07) is 0. The van der Waals surface area contributed by atoms with Crippen LogP contribution >= 0.6 is 24.0 Å². The zero-order valence-electron chi connectivity index (χ0n) is 13.8. The first kappa shape index (κ1) is 20.0. The first-order valence-corrected chi connectivity index (χ1v) is 7.73. The predicted molar refractivity (Wildman–Crippen MR) is 99.1 cm³/mol. The van der Waals surface area contributed by atoms with Crippen LogP contribution in [0.5, 0.6) is 0 Å². The molecule has 4 nitrogen and oxygen atoms in total. The smallest absolute Gasteiger partial charge is 0.191 e. The molecule has 0 radical (unpaired) electrons. The van der Waals surface area contributed by atoms with Crippen LogP contribution in [0.15, 0.2) is 4.99 Å². The fraction of sp³-hybridized carbons (Fsp3) is 0.933. The van der Waals surface area contributed by atoms with Crippen LogP contribution in [0.4, 0.5) is 0 Å². The van der Waals surface area contributed by atoms with Gasteiger partial charge in [-0.15, -0.1) is 24.0 Å². The highest BCUT2D eigenvalue weighted by molar-refractivity contribution is 14.0. The van der Waals surface area contributed by atoms with Crippen LogP contribution in [0.1, 0.15) is 46.5 Å². The summed E-state index contributed by atoms with van der Waals surface area (Å²) in [5, 5.41) is 6.62. The Morgan fingerprint density at radius 2 is 1.85 bits per heavy atom. The molecule has 0 spiro atoms. The molecule has 1 rings (SSSR count). The lowest BCUT2D eigenvalue weighted by Gasteiger charge is -2.44. The molecule has 0 aliphatic heterocycles. The highest BCUT2D eigenvalue weighted by atomic mass is 127. The van der Waals surface area contributed by atoms with E-state index >= 15 is 0 Å². The molecule has 1 aliphatic carbocycles. The minimum atomic E-state index is 0. The molecule has 120 valence electrons. The molecule has 2 unspecified atom stereocenters. The third-order valence-corrected chi connectivity index (χ3v) is 4.24. The van der Waals surface area contributed by atoms with Gasteiger partial charge in [-0.2, -0.15) is 0 Å². The van der Waals surface area contributed by atoms with E-state index in [4.69, 9.17) is 4.99 Å². The van der Waals surface area contributed by atoms with Crippen LogP contribution < -0.4 is 10.6 Å². The molecule has 1 fully saturated rings. The molecule has 5 heteroatoms. The maximum absolute atomic E-state index is 4.81. The third-order valence-electron chi connectivity index (χ3n) is 4.24. The first-order chi connectivity index (χ1) is 9.04. The average molecular weight is 396 g/mol. The van der Waals surface area contributed by atoms with Crippen molar-refractivity contribution in [2.24, 2.45) is 10.9 Å². The van der Waals surface area contributed by atoms with Gasteiger partial charge in [0.2, 0.25) is 0 Å². The summed E-state index contributed by atoms with van der Waals surface area (Å²) in [6.07, 6.45) is 5.22. The van der Waals surface area contributed by atoms with Crippen molar-refractivity contribution in [1.82, 2.24) is 15.5 Å². The van der Waals surface area contributed by atoms with Gasteiger partial charge < -0.3 is 15.5 Å². The second kappa shape index (κ2) is 9.82. The number of halogens is 1. The summed E-state index contributed by atoms with van der Waals surface area (Å²) < 4.78 is 0. The Hall–Kier alpha value is -0.0400. The van der Waals surface area contributed by atoms with Gasteiger partial charge in [0.05, 0.1) is 6.54 Å². The summed E-state index contributed by atoms with van der Waals surface area (Å²) >= 11 is 0. The Balaban J connectivity index is 0.00000361. The SMILES string of the molecule is CCNC(=NCC1(N(C)C)CCCC(C)C1)NCC.I. The standard InChI is InChI=1S/C15H32N4.HI/c1-6-16-14(17-7-2)18-12-15(19(4)5)10-8-9-13(3)11-15;/h13H,6-12H2,1-5H3,(H2,16,17,18);1H. The largest absolute Gasteiger partial charge is 0.357 e. The Kier molecular flexibility index (Phi) is 9.80. The van der Waals surface area contributed by atoms with E-state index in [-0.39, 0.29) is 29.5 Å². The summed E-state index contributed by atoms with van der Waals surface area (Å²) in [7, 11) is 4.40. The molecule has 2 atom stereocenters. The van der Waals surface area contributed by atoms with Crippen molar-refractivity contribution in [2.45, 2.75) is 52.0 Å². The Labute approximate surface area is 142 Å². The Morgan fingerprint density at radius 1 is 1.25 bits per heavy atom. The maximum Gasteiger partial charge on any atom is 0.191 e. The molecular formula is C15H33IN4. The van der Waals surface area contributed by atoms with Gasteiger partial charge in [0, 0.05) is 18.6 Å². The molecule has 0 aromatic carbocycles. The number of nitrogens with zero attached hydrogens (tertiary/aromatic N) is 2. The number of likely N-dealkylation sites (N-methyl/N-ethyl adjacent to an activating group) is 1. The highest BCUT2D eigenvalue weighted by Gasteiger charge is 2.36. The number of guanidine groups is 1. The Morgan fingerprint density at radius 3 is 2.30 bits per heavy atom. The molecule has 2 N–H and O–H groups in total. The van der Waals surface area contributed by atoms with Crippen molar-refractivity contribution >= 4 is 29.9 Å². The van der Waals surface area contributed by atoms with Crippen molar-refractivity contribution in [3.8, 4) is 0 Å². The van der Waals surface area contributed by atoms with E-state index in [0.29, 0.717) is 0 Å². The lowest BCUT2D eigenvalue weighted by atomic mass is 9.75. The average Bonchev–Trinajstić information content (AvgIpc) is 2.36. The monoisotopic (exact) mass is 396 g/mol. The van der Waals surface area contributed by atoms with Crippen molar-refractivity contribution in [2.75, 3.05) is 33.7 Å². The molecule has 0 bridgehead atoms. The van der Waals surface area contributed by atoms with Gasteiger partial charge in [-0.05, 0) is 46.7 Å². The van der Waals surface area contributed by atoms with Crippen LogP contribution in [-0.4, -0.2) is 50.1 Å². The summed E-state index contributed by atoms with van der Waals surface area (Å²) in [6.45, 7) is 9.30. The summed E-state index contributed by atoms with van der Waals surface area (Å²) in [4.78, 5) is 7.20. The molecule has 0 heterocycles. The van der Waals surface area contributed by atoms with E-state index in [1.807, 2.05) is 0 Å². The van der Waals surface area contributed by atoms with Gasteiger partial charge in [-0.25, -0.2) is 0 Å². The number of hydrogen-bond acceptors (Lipinski definition) is 2. The van der Waals surface area contributed by atoms with E-state index in [2.05, 4.69) is 50.4 Å². The van der Waals surface area contributed by atoms with Gasteiger partial charge in [0.25, 0.3) is 0 Å². The van der Waals surface area contributed by atoms with Crippen molar-refractivity contribution < 1.29 is 0 Å². The zero-order valence-corrected chi connectivity index (χ0v) is 16.2. The van der Waals surface area contributed by atoms with Crippen LogP contribution in [0.25, 0.3) is 0 Å². The first-order valence-electron chi connectivity index (χ1n) is 7.73. The number of hydrogen-bond donors (Lipinski definition) is 2. The number of nitrogens with one attached hydrogen (secondary N) is 2.